The van der Waals surface area contributed by atoms with E-state index in [2.05, 4.69) is 6.58 Å². The molecule has 0 aliphatic heterocycles. The van der Waals surface area contributed by atoms with E-state index in [1.807, 2.05) is 34.9 Å². The first-order valence-corrected chi connectivity index (χ1v) is 5.90. The molecule has 2 aromatic rings. The van der Waals surface area contributed by atoms with Gasteiger partial charge in [0.15, 0.2) is 0 Å². The summed E-state index contributed by atoms with van der Waals surface area (Å²) in [4.78, 5) is 0. The third-order valence-electron chi connectivity index (χ3n) is 2.97. The van der Waals surface area contributed by atoms with Crippen LogP contribution in [0, 0.1) is 34.0 Å². The first kappa shape index (κ1) is 13.1. The van der Waals surface area contributed by atoms with Gasteiger partial charge in [-0.2, -0.15) is 15.8 Å². The molecular formula is C16H10N4. The Kier molecular flexibility index (Phi) is 3.66. The number of fused-ring (bicyclic) bond motifs is 1. The summed E-state index contributed by atoms with van der Waals surface area (Å²) in [7, 11) is 0. The maximum atomic E-state index is 9.27. The predicted molar refractivity (Wildman–Crippen MR) is 75.9 cm³/mol. The third kappa shape index (κ3) is 2.05. The summed E-state index contributed by atoms with van der Waals surface area (Å²) in [6, 6.07) is 13.1. The summed E-state index contributed by atoms with van der Waals surface area (Å²) in [5.41, 5.74) is 1.47. The van der Waals surface area contributed by atoms with E-state index in [0.717, 1.165) is 10.9 Å². The molecule has 0 unspecified atom stereocenters. The van der Waals surface area contributed by atoms with Crippen molar-refractivity contribution in [2.75, 3.05) is 0 Å². The number of allylic oxidation sites excluding steroid dienone is 3. The van der Waals surface area contributed by atoms with Crippen LogP contribution in [0.5, 0.6) is 0 Å². The predicted octanol–water partition coefficient (Wildman–Crippen LogP) is 3.15. The average molecular weight is 258 g/mol. The van der Waals surface area contributed by atoms with E-state index in [1.54, 1.807) is 24.4 Å². The highest BCUT2D eigenvalue weighted by molar-refractivity contribution is 5.99. The Hall–Kier alpha value is -3.29. The fourth-order valence-corrected chi connectivity index (χ4v) is 2.12. The van der Waals surface area contributed by atoms with Gasteiger partial charge in [0, 0.05) is 29.2 Å². The third-order valence-corrected chi connectivity index (χ3v) is 2.97. The molecule has 4 nitrogen and oxygen atoms in total. The molecule has 0 fully saturated rings. The minimum absolute atomic E-state index is 0.106. The van der Waals surface area contributed by atoms with E-state index >= 15 is 0 Å². The fraction of sp³-hybridized carbons (Fsp3) is 0.0625. The summed E-state index contributed by atoms with van der Waals surface area (Å²) in [6.45, 7) is 4.29. The van der Waals surface area contributed by atoms with Gasteiger partial charge < -0.3 is 4.57 Å². The van der Waals surface area contributed by atoms with Crippen molar-refractivity contribution < 1.29 is 0 Å². The Morgan fingerprint density at radius 2 is 1.85 bits per heavy atom. The monoisotopic (exact) mass is 258 g/mol. The van der Waals surface area contributed by atoms with Gasteiger partial charge in [-0.15, -0.1) is 6.58 Å². The molecule has 0 N–H and O–H groups in total. The molecule has 0 bridgehead atoms. The summed E-state index contributed by atoms with van der Waals surface area (Å²) in [5.74, 6) is 0. The standard InChI is InChI=1S/C16H10N4/c1-2-7-20-11-15(13-5-3-4-6-16(13)20)14(10-19)12(8-17)9-18/h2-6,11H,1,7H2. The number of hydrogen-bond acceptors (Lipinski definition) is 3. The minimum Gasteiger partial charge on any atom is -0.343 e. The maximum absolute atomic E-state index is 9.27. The van der Waals surface area contributed by atoms with Crippen LogP contribution in [-0.2, 0) is 6.54 Å². The van der Waals surface area contributed by atoms with Gasteiger partial charge in [0.1, 0.15) is 23.8 Å². The van der Waals surface area contributed by atoms with E-state index in [9.17, 15) is 5.26 Å². The molecular weight excluding hydrogens is 248 g/mol. The number of rotatable bonds is 3. The zero-order chi connectivity index (χ0) is 14.5. The van der Waals surface area contributed by atoms with Crippen LogP contribution in [0.1, 0.15) is 5.56 Å². The van der Waals surface area contributed by atoms with Crippen molar-refractivity contribution in [2.24, 2.45) is 0 Å². The molecule has 20 heavy (non-hydrogen) atoms. The van der Waals surface area contributed by atoms with Crippen LogP contribution in [0.3, 0.4) is 0 Å². The second-order valence-corrected chi connectivity index (χ2v) is 4.09. The first-order chi connectivity index (χ1) is 9.76. The Bertz CT molecular complexity index is 816. The highest BCUT2D eigenvalue weighted by atomic mass is 14.9. The molecule has 0 saturated carbocycles. The molecule has 0 spiro atoms. The molecule has 0 aliphatic carbocycles. The topological polar surface area (TPSA) is 76.3 Å². The first-order valence-electron chi connectivity index (χ1n) is 5.90. The van der Waals surface area contributed by atoms with Gasteiger partial charge in [0.05, 0.1) is 5.57 Å². The van der Waals surface area contributed by atoms with Crippen molar-refractivity contribution in [1.82, 2.24) is 4.57 Å². The van der Waals surface area contributed by atoms with Gasteiger partial charge in [-0.3, -0.25) is 0 Å². The SMILES string of the molecule is C=CCn1cc(C(C#N)=C(C#N)C#N)c2ccccc21. The second-order valence-electron chi connectivity index (χ2n) is 4.09. The molecule has 0 atom stereocenters. The smallest absolute Gasteiger partial charge is 0.148 e. The van der Waals surface area contributed by atoms with E-state index in [-0.39, 0.29) is 11.1 Å². The van der Waals surface area contributed by atoms with Crippen LogP contribution >= 0.6 is 0 Å². The van der Waals surface area contributed by atoms with E-state index in [0.29, 0.717) is 12.1 Å². The van der Waals surface area contributed by atoms with Gasteiger partial charge >= 0.3 is 0 Å². The molecule has 4 heteroatoms. The quantitative estimate of drug-likeness (QED) is 0.626. The number of para-hydroxylation sites is 1. The van der Waals surface area contributed by atoms with Gasteiger partial charge in [0.25, 0.3) is 0 Å². The second kappa shape index (κ2) is 5.57. The molecule has 0 radical (unpaired) electrons. The highest BCUT2D eigenvalue weighted by Crippen LogP contribution is 2.28. The van der Waals surface area contributed by atoms with E-state index < -0.39 is 0 Å². The Labute approximate surface area is 116 Å². The molecule has 0 amide bonds. The van der Waals surface area contributed by atoms with Crippen LogP contribution in [0.4, 0.5) is 0 Å². The lowest BCUT2D eigenvalue weighted by atomic mass is 10.0. The number of aromatic nitrogens is 1. The van der Waals surface area contributed by atoms with Crippen LogP contribution in [0.2, 0.25) is 0 Å². The van der Waals surface area contributed by atoms with E-state index in [1.165, 1.54) is 0 Å². The lowest BCUT2D eigenvalue weighted by Gasteiger charge is -1.98. The van der Waals surface area contributed by atoms with Crippen LogP contribution in [0.15, 0.2) is 48.7 Å². The maximum Gasteiger partial charge on any atom is 0.148 e. The van der Waals surface area contributed by atoms with Crippen LogP contribution in [0.25, 0.3) is 16.5 Å². The van der Waals surface area contributed by atoms with Gasteiger partial charge in [-0.25, -0.2) is 0 Å². The summed E-state index contributed by atoms with van der Waals surface area (Å²) in [6.07, 6.45) is 3.53. The van der Waals surface area contributed by atoms with Crippen molar-refractivity contribution in [3.8, 4) is 18.2 Å². The largest absolute Gasteiger partial charge is 0.343 e. The zero-order valence-electron chi connectivity index (χ0n) is 10.7. The number of nitriles is 3. The Morgan fingerprint density at radius 3 is 2.45 bits per heavy atom. The molecule has 94 valence electrons. The molecule has 1 aromatic heterocycles. The van der Waals surface area contributed by atoms with Crippen molar-refractivity contribution in [3.05, 3.63) is 54.3 Å². The van der Waals surface area contributed by atoms with Crippen molar-refractivity contribution in [2.45, 2.75) is 6.54 Å². The molecule has 2 rings (SSSR count). The number of benzene rings is 1. The summed E-state index contributed by atoms with van der Waals surface area (Å²) >= 11 is 0. The Morgan fingerprint density at radius 1 is 1.15 bits per heavy atom. The van der Waals surface area contributed by atoms with Gasteiger partial charge in [-0.1, -0.05) is 24.3 Å². The van der Waals surface area contributed by atoms with Crippen LogP contribution < -0.4 is 0 Å². The molecule has 1 heterocycles. The van der Waals surface area contributed by atoms with Crippen molar-refractivity contribution >= 4 is 16.5 Å². The summed E-state index contributed by atoms with van der Waals surface area (Å²) in [5, 5.41) is 28.0. The minimum atomic E-state index is -0.172. The van der Waals surface area contributed by atoms with Gasteiger partial charge in [-0.05, 0) is 6.07 Å². The highest BCUT2D eigenvalue weighted by Gasteiger charge is 2.15. The van der Waals surface area contributed by atoms with Crippen LogP contribution in [-0.4, -0.2) is 4.57 Å². The van der Waals surface area contributed by atoms with Crippen molar-refractivity contribution in [3.63, 3.8) is 0 Å². The average Bonchev–Trinajstić information content (AvgIpc) is 2.84. The van der Waals surface area contributed by atoms with Gasteiger partial charge in [0.2, 0.25) is 0 Å². The van der Waals surface area contributed by atoms with E-state index in [4.69, 9.17) is 10.5 Å². The molecule has 0 saturated heterocycles. The normalized spacial score (nSPS) is 9.25. The lowest BCUT2D eigenvalue weighted by Crippen LogP contribution is -1.91. The number of hydrogen-bond donors (Lipinski definition) is 0. The zero-order valence-corrected chi connectivity index (χ0v) is 10.7. The summed E-state index contributed by atoms with van der Waals surface area (Å²) < 4.78 is 1.93. The fourth-order valence-electron chi connectivity index (χ4n) is 2.12. The Balaban J connectivity index is 2.83. The van der Waals surface area contributed by atoms with Crippen molar-refractivity contribution in [1.29, 1.82) is 15.8 Å². The molecule has 1 aromatic carbocycles. The molecule has 0 aliphatic rings. The lowest BCUT2D eigenvalue weighted by molar-refractivity contribution is 0.864. The number of nitrogens with zero attached hydrogens (tertiary/aromatic N) is 4.